The van der Waals surface area contributed by atoms with Crippen molar-refractivity contribution < 1.29 is 27.8 Å². The largest absolute Gasteiger partial charge is 0.493 e. The van der Waals surface area contributed by atoms with Crippen molar-refractivity contribution in [3.63, 3.8) is 0 Å². The smallest absolute Gasteiger partial charge is 0.305 e. The third kappa shape index (κ3) is 4.67. The van der Waals surface area contributed by atoms with Gasteiger partial charge in [0.25, 0.3) is 0 Å². The van der Waals surface area contributed by atoms with E-state index in [-0.39, 0.29) is 4.90 Å². The van der Waals surface area contributed by atoms with Crippen LogP contribution in [0.15, 0.2) is 65.6 Å². The van der Waals surface area contributed by atoms with Crippen LogP contribution in [-0.4, -0.2) is 33.7 Å². The first-order chi connectivity index (χ1) is 13.8. The highest BCUT2D eigenvalue weighted by Crippen LogP contribution is 2.32. The highest BCUT2D eigenvalue weighted by Gasteiger charge is 2.25. The van der Waals surface area contributed by atoms with E-state index in [4.69, 9.17) is 9.47 Å². The summed E-state index contributed by atoms with van der Waals surface area (Å²) >= 11 is 0. The van der Waals surface area contributed by atoms with Crippen LogP contribution in [0, 0.1) is 0 Å². The Balaban J connectivity index is 1.97. The molecule has 152 valence electrons. The van der Waals surface area contributed by atoms with Gasteiger partial charge in [0.2, 0.25) is 10.0 Å². The van der Waals surface area contributed by atoms with Crippen LogP contribution < -0.4 is 14.2 Å². The summed E-state index contributed by atoms with van der Waals surface area (Å²) in [5.41, 5.74) is 0.453. The highest BCUT2D eigenvalue weighted by atomic mass is 32.2. The topological polar surface area (TPSA) is 102 Å². The number of methoxy groups -OCH3 is 2. The average Bonchev–Trinajstić information content (AvgIpc) is 2.71. The third-order valence-corrected chi connectivity index (χ3v) is 5.99. The van der Waals surface area contributed by atoms with Crippen LogP contribution >= 0.6 is 0 Å². The molecule has 29 heavy (non-hydrogen) atoms. The Labute approximate surface area is 168 Å². The molecule has 0 spiro atoms. The second kappa shape index (κ2) is 8.50. The van der Waals surface area contributed by atoms with Gasteiger partial charge in [0.15, 0.2) is 11.5 Å². The predicted octanol–water partition coefficient (Wildman–Crippen LogP) is 3.35. The predicted molar refractivity (Wildman–Crippen MR) is 109 cm³/mol. The quantitative estimate of drug-likeness (QED) is 0.585. The average molecular weight is 415 g/mol. The fourth-order valence-corrected chi connectivity index (χ4v) is 4.32. The fraction of sp³-hybridized carbons (Fsp3) is 0.190. The molecule has 7 nitrogen and oxygen atoms in total. The van der Waals surface area contributed by atoms with E-state index in [2.05, 4.69) is 4.72 Å². The van der Waals surface area contributed by atoms with Crippen LogP contribution in [0.2, 0.25) is 0 Å². The number of hydrogen-bond acceptors (Lipinski definition) is 5. The summed E-state index contributed by atoms with van der Waals surface area (Å²) in [5.74, 6) is -0.293. The lowest BCUT2D eigenvalue weighted by atomic mass is 10.0. The van der Waals surface area contributed by atoms with Gasteiger partial charge in [0.05, 0.1) is 31.6 Å². The molecule has 0 radical (unpaired) electrons. The van der Waals surface area contributed by atoms with E-state index in [1.807, 2.05) is 24.3 Å². The van der Waals surface area contributed by atoms with Crippen LogP contribution in [0.3, 0.4) is 0 Å². The number of hydrogen-bond donors (Lipinski definition) is 2. The first-order valence-electron chi connectivity index (χ1n) is 8.79. The SMILES string of the molecule is COc1ccc(C(CC(=O)O)NS(=O)(=O)c2ccc3ccccc3c2)cc1OC. The Kier molecular flexibility index (Phi) is 6.05. The summed E-state index contributed by atoms with van der Waals surface area (Å²) in [5, 5.41) is 11.0. The van der Waals surface area contributed by atoms with Crippen molar-refractivity contribution in [1.82, 2.24) is 4.72 Å². The number of fused-ring (bicyclic) bond motifs is 1. The minimum Gasteiger partial charge on any atom is -0.493 e. The molecule has 0 bridgehead atoms. The lowest BCUT2D eigenvalue weighted by Gasteiger charge is -2.19. The van der Waals surface area contributed by atoms with Crippen LogP contribution in [0.4, 0.5) is 0 Å². The number of aliphatic carboxylic acids is 1. The van der Waals surface area contributed by atoms with Gasteiger partial charge in [-0.3, -0.25) is 4.79 Å². The second-order valence-electron chi connectivity index (χ2n) is 6.40. The Morgan fingerprint density at radius 2 is 1.66 bits per heavy atom. The minimum atomic E-state index is -3.97. The summed E-state index contributed by atoms with van der Waals surface area (Å²) in [6.07, 6.45) is -0.428. The first-order valence-corrected chi connectivity index (χ1v) is 10.3. The zero-order valence-corrected chi connectivity index (χ0v) is 16.8. The van der Waals surface area contributed by atoms with Crippen molar-refractivity contribution >= 4 is 26.8 Å². The fourth-order valence-electron chi connectivity index (χ4n) is 3.06. The summed E-state index contributed by atoms with van der Waals surface area (Å²) in [6.45, 7) is 0. The standard InChI is InChI=1S/C21H21NO6S/c1-27-19-10-8-16(12-20(19)28-2)18(13-21(23)24)22-29(25,26)17-9-7-14-5-3-4-6-15(14)11-17/h3-12,18,22H,13H2,1-2H3,(H,23,24). The summed E-state index contributed by atoms with van der Waals surface area (Å²) in [4.78, 5) is 11.4. The summed E-state index contributed by atoms with van der Waals surface area (Å²) in [6, 6.07) is 16.0. The molecular formula is C21H21NO6S. The van der Waals surface area contributed by atoms with Crippen molar-refractivity contribution in [2.45, 2.75) is 17.4 Å². The van der Waals surface area contributed by atoms with E-state index < -0.39 is 28.5 Å². The Morgan fingerprint density at radius 3 is 2.31 bits per heavy atom. The van der Waals surface area contributed by atoms with Crippen molar-refractivity contribution in [1.29, 1.82) is 0 Å². The molecular weight excluding hydrogens is 394 g/mol. The number of carboxylic acids is 1. The van der Waals surface area contributed by atoms with Gasteiger partial charge in [-0.15, -0.1) is 0 Å². The molecule has 0 aliphatic heterocycles. The highest BCUT2D eigenvalue weighted by molar-refractivity contribution is 7.89. The number of ether oxygens (including phenoxy) is 2. The molecule has 3 aromatic rings. The summed E-state index contributed by atoms with van der Waals surface area (Å²) < 4.78 is 38.9. The molecule has 0 aromatic heterocycles. The molecule has 0 fully saturated rings. The maximum Gasteiger partial charge on any atom is 0.305 e. The lowest BCUT2D eigenvalue weighted by molar-refractivity contribution is -0.137. The monoisotopic (exact) mass is 415 g/mol. The van der Waals surface area contributed by atoms with Gasteiger partial charge in [-0.05, 0) is 40.6 Å². The minimum absolute atomic E-state index is 0.0621. The van der Waals surface area contributed by atoms with Gasteiger partial charge in [-0.25, -0.2) is 13.1 Å². The molecule has 3 rings (SSSR count). The number of benzene rings is 3. The molecule has 0 amide bonds. The van der Waals surface area contributed by atoms with Gasteiger partial charge in [-0.1, -0.05) is 36.4 Å². The number of carbonyl (C=O) groups is 1. The van der Waals surface area contributed by atoms with Crippen molar-refractivity contribution in [3.8, 4) is 11.5 Å². The molecule has 0 saturated carbocycles. The van der Waals surface area contributed by atoms with Gasteiger partial charge < -0.3 is 14.6 Å². The van der Waals surface area contributed by atoms with E-state index in [9.17, 15) is 18.3 Å². The Hall–Kier alpha value is -3.10. The molecule has 8 heteroatoms. The van der Waals surface area contributed by atoms with Gasteiger partial charge in [0, 0.05) is 0 Å². The second-order valence-corrected chi connectivity index (χ2v) is 8.11. The molecule has 0 aliphatic rings. The lowest BCUT2D eigenvalue weighted by Crippen LogP contribution is -2.30. The third-order valence-electron chi connectivity index (χ3n) is 4.52. The number of rotatable bonds is 8. The zero-order valence-electron chi connectivity index (χ0n) is 16.0. The van der Waals surface area contributed by atoms with E-state index in [1.54, 1.807) is 30.3 Å². The van der Waals surface area contributed by atoms with Crippen LogP contribution in [0.25, 0.3) is 10.8 Å². The molecule has 2 N–H and O–H groups in total. The number of carboxylic acid groups (broad SMARTS) is 1. The normalized spacial score (nSPS) is 12.5. The van der Waals surface area contributed by atoms with E-state index in [1.165, 1.54) is 20.3 Å². The molecule has 1 atom stereocenters. The zero-order chi connectivity index (χ0) is 21.0. The molecule has 0 aliphatic carbocycles. The number of sulfonamides is 1. The molecule has 0 heterocycles. The van der Waals surface area contributed by atoms with Gasteiger partial charge in [0.1, 0.15) is 0 Å². The Bertz CT molecular complexity index is 1140. The number of nitrogens with one attached hydrogen (secondary N) is 1. The van der Waals surface area contributed by atoms with Gasteiger partial charge in [-0.2, -0.15) is 0 Å². The van der Waals surface area contributed by atoms with Crippen LogP contribution in [-0.2, 0) is 14.8 Å². The van der Waals surface area contributed by atoms with Crippen LogP contribution in [0.5, 0.6) is 11.5 Å². The molecule has 1 unspecified atom stereocenters. The van der Waals surface area contributed by atoms with E-state index in [0.717, 1.165) is 10.8 Å². The van der Waals surface area contributed by atoms with Crippen molar-refractivity contribution in [2.75, 3.05) is 14.2 Å². The van der Waals surface area contributed by atoms with Crippen molar-refractivity contribution in [2.24, 2.45) is 0 Å². The maximum atomic E-state index is 13.0. The van der Waals surface area contributed by atoms with Crippen LogP contribution in [0.1, 0.15) is 18.0 Å². The summed E-state index contributed by atoms with van der Waals surface area (Å²) in [7, 11) is -1.03. The maximum absolute atomic E-state index is 13.0. The van der Waals surface area contributed by atoms with E-state index >= 15 is 0 Å². The van der Waals surface area contributed by atoms with Gasteiger partial charge >= 0.3 is 5.97 Å². The van der Waals surface area contributed by atoms with E-state index in [0.29, 0.717) is 17.1 Å². The Morgan fingerprint density at radius 1 is 0.966 bits per heavy atom. The van der Waals surface area contributed by atoms with Crippen molar-refractivity contribution in [3.05, 3.63) is 66.2 Å². The molecule has 3 aromatic carbocycles. The first kappa shape index (κ1) is 20.6. The molecule has 0 saturated heterocycles.